The molecule has 0 saturated carbocycles. The molecule has 0 aliphatic heterocycles. The molecule has 0 aromatic heterocycles. The first-order valence-corrected chi connectivity index (χ1v) is 4.65. The lowest BCUT2D eigenvalue weighted by molar-refractivity contribution is -0.119. The molecule has 1 aromatic carbocycles. The van der Waals surface area contributed by atoms with Gasteiger partial charge in [-0.05, 0) is 24.6 Å². The molecule has 1 N–H and O–H groups in total. The van der Waals surface area contributed by atoms with Crippen LogP contribution < -0.4 is 10.1 Å². The highest BCUT2D eigenvalue weighted by Gasteiger charge is 2.09. The fourth-order valence-electron chi connectivity index (χ4n) is 1.34. The lowest BCUT2D eigenvalue weighted by Crippen LogP contribution is -2.23. The Morgan fingerprint density at radius 2 is 2.20 bits per heavy atom. The molecule has 0 spiro atoms. The molecule has 0 fully saturated rings. The number of halogens is 1. The largest absolute Gasteiger partial charge is 0.494 e. The van der Waals surface area contributed by atoms with E-state index in [-0.39, 0.29) is 17.7 Å². The van der Waals surface area contributed by atoms with Crippen LogP contribution in [0.25, 0.3) is 0 Å². The second-order valence-electron chi connectivity index (χ2n) is 3.32. The summed E-state index contributed by atoms with van der Waals surface area (Å²) in [6.45, 7) is 3.22. The molecule has 4 heteroatoms. The smallest absolute Gasteiger partial charge is 0.217 e. The minimum Gasteiger partial charge on any atom is -0.494 e. The van der Waals surface area contributed by atoms with Crippen molar-refractivity contribution in [2.45, 2.75) is 19.9 Å². The van der Waals surface area contributed by atoms with Crippen LogP contribution in [0.3, 0.4) is 0 Å². The highest BCUT2D eigenvalue weighted by atomic mass is 19.1. The van der Waals surface area contributed by atoms with E-state index in [4.69, 9.17) is 4.74 Å². The summed E-state index contributed by atoms with van der Waals surface area (Å²) >= 11 is 0. The number of carbonyl (C=O) groups excluding carboxylic acids is 1. The van der Waals surface area contributed by atoms with E-state index in [0.717, 1.165) is 0 Å². The third kappa shape index (κ3) is 2.94. The monoisotopic (exact) mass is 211 g/mol. The molecule has 1 rings (SSSR count). The van der Waals surface area contributed by atoms with Crippen LogP contribution in [0.2, 0.25) is 0 Å². The van der Waals surface area contributed by atoms with E-state index in [1.54, 1.807) is 19.1 Å². The van der Waals surface area contributed by atoms with Gasteiger partial charge in [0.25, 0.3) is 0 Å². The Morgan fingerprint density at radius 3 is 2.67 bits per heavy atom. The van der Waals surface area contributed by atoms with E-state index in [2.05, 4.69) is 5.32 Å². The third-order valence-electron chi connectivity index (χ3n) is 2.10. The summed E-state index contributed by atoms with van der Waals surface area (Å²) in [6, 6.07) is 4.42. The number of rotatable bonds is 3. The fourth-order valence-corrected chi connectivity index (χ4v) is 1.34. The average Bonchev–Trinajstić information content (AvgIpc) is 2.16. The zero-order chi connectivity index (χ0) is 11.4. The van der Waals surface area contributed by atoms with E-state index < -0.39 is 5.82 Å². The molecular weight excluding hydrogens is 197 g/mol. The standard InChI is InChI=1S/C11H14FNO2/c1-7(13-8(2)14)9-4-5-11(15-3)10(12)6-9/h4-7H,1-3H3,(H,13,14). The maximum absolute atomic E-state index is 13.3. The van der Waals surface area contributed by atoms with Crippen molar-refractivity contribution in [1.29, 1.82) is 0 Å². The highest BCUT2D eigenvalue weighted by Crippen LogP contribution is 2.21. The van der Waals surface area contributed by atoms with Crippen molar-refractivity contribution in [3.8, 4) is 5.75 Å². The topological polar surface area (TPSA) is 38.3 Å². The van der Waals surface area contributed by atoms with Gasteiger partial charge in [-0.15, -0.1) is 0 Å². The van der Waals surface area contributed by atoms with Crippen LogP contribution >= 0.6 is 0 Å². The van der Waals surface area contributed by atoms with Crippen molar-refractivity contribution in [2.75, 3.05) is 7.11 Å². The third-order valence-corrected chi connectivity index (χ3v) is 2.10. The van der Waals surface area contributed by atoms with Crippen molar-refractivity contribution in [1.82, 2.24) is 5.32 Å². The molecule has 0 bridgehead atoms. The van der Waals surface area contributed by atoms with Crippen LogP contribution in [0, 0.1) is 5.82 Å². The van der Waals surface area contributed by atoms with Gasteiger partial charge in [-0.3, -0.25) is 4.79 Å². The molecular formula is C11H14FNO2. The Hall–Kier alpha value is -1.58. The summed E-state index contributed by atoms with van der Waals surface area (Å²) in [5.74, 6) is -0.361. The number of carbonyl (C=O) groups is 1. The summed E-state index contributed by atoms with van der Waals surface area (Å²) in [4.78, 5) is 10.8. The summed E-state index contributed by atoms with van der Waals surface area (Å²) in [6.07, 6.45) is 0. The van der Waals surface area contributed by atoms with Gasteiger partial charge in [0, 0.05) is 6.92 Å². The first-order valence-electron chi connectivity index (χ1n) is 4.65. The Balaban J connectivity index is 2.87. The Bertz CT molecular complexity index is 366. The van der Waals surface area contributed by atoms with Gasteiger partial charge in [0.15, 0.2) is 11.6 Å². The molecule has 0 aliphatic carbocycles. The average molecular weight is 211 g/mol. The van der Waals surface area contributed by atoms with Crippen LogP contribution in [0.4, 0.5) is 4.39 Å². The van der Waals surface area contributed by atoms with Crippen LogP contribution in [0.1, 0.15) is 25.5 Å². The van der Waals surface area contributed by atoms with E-state index >= 15 is 0 Å². The lowest BCUT2D eigenvalue weighted by atomic mass is 10.1. The number of nitrogens with one attached hydrogen (secondary N) is 1. The maximum atomic E-state index is 13.3. The van der Waals surface area contributed by atoms with E-state index in [1.807, 2.05) is 0 Å². The molecule has 15 heavy (non-hydrogen) atoms. The summed E-state index contributed by atoms with van der Waals surface area (Å²) in [7, 11) is 1.41. The Kier molecular flexibility index (Phi) is 3.66. The van der Waals surface area contributed by atoms with Crippen LogP contribution in [-0.4, -0.2) is 13.0 Å². The quantitative estimate of drug-likeness (QED) is 0.830. The minimum atomic E-state index is -0.424. The Labute approximate surface area is 88.2 Å². The number of amides is 1. The normalized spacial score (nSPS) is 12.0. The number of hydrogen-bond donors (Lipinski definition) is 1. The van der Waals surface area contributed by atoms with Crippen molar-refractivity contribution in [2.24, 2.45) is 0 Å². The Morgan fingerprint density at radius 1 is 1.53 bits per heavy atom. The molecule has 0 aliphatic rings. The number of ether oxygens (including phenoxy) is 1. The predicted molar refractivity (Wildman–Crippen MR) is 55.2 cm³/mol. The maximum Gasteiger partial charge on any atom is 0.217 e. The second-order valence-corrected chi connectivity index (χ2v) is 3.32. The summed E-state index contributed by atoms with van der Waals surface area (Å²) in [5, 5.41) is 2.68. The predicted octanol–water partition coefficient (Wildman–Crippen LogP) is 2.03. The van der Waals surface area contributed by atoms with E-state index in [1.165, 1.54) is 20.1 Å². The van der Waals surface area contributed by atoms with E-state index in [9.17, 15) is 9.18 Å². The van der Waals surface area contributed by atoms with Crippen LogP contribution in [0.15, 0.2) is 18.2 Å². The zero-order valence-electron chi connectivity index (χ0n) is 9.00. The first kappa shape index (κ1) is 11.5. The molecule has 0 heterocycles. The lowest BCUT2D eigenvalue weighted by Gasteiger charge is -2.13. The summed E-state index contributed by atoms with van der Waals surface area (Å²) < 4.78 is 18.1. The fraction of sp³-hybridized carbons (Fsp3) is 0.364. The van der Waals surface area contributed by atoms with Crippen LogP contribution in [0.5, 0.6) is 5.75 Å². The minimum absolute atomic E-state index is 0.140. The van der Waals surface area contributed by atoms with Gasteiger partial charge in [0.05, 0.1) is 13.2 Å². The number of hydrogen-bond acceptors (Lipinski definition) is 2. The van der Waals surface area contributed by atoms with Crippen molar-refractivity contribution < 1.29 is 13.9 Å². The van der Waals surface area contributed by atoms with Gasteiger partial charge in [-0.1, -0.05) is 6.07 Å². The van der Waals surface area contributed by atoms with Crippen molar-refractivity contribution >= 4 is 5.91 Å². The van der Waals surface area contributed by atoms with Crippen molar-refractivity contribution in [3.63, 3.8) is 0 Å². The molecule has 3 nitrogen and oxygen atoms in total. The number of methoxy groups -OCH3 is 1. The first-order chi connectivity index (χ1) is 7.04. The number of benzene rings is 1. The summed E-state index contributed by atoms with van der Waals surface area (Å²) in [5.41, 5.74) is 0.712. The molecule has 1 unspecified atom stereocenters. The zero-order valence-corrected chi connectivity index (χ0v) is 9.00. The van der Waals surface area contributed by atoms with Gasteiger partial charge >= 0.3 is 0 Å². The van der Waals surface area contributed by atoms with Crippen molar-refractivity contribution in [3.05, 3.63) is 29.6 Å². The van der Waals surface area contributed by atoms with Crippen LogP contribution in [-0.2, 0) is 4.79 Å². The van der Waals surface area contributed by atoms with Gasteiger partial charge in [-0.25, -0.2) is 4.39 Å². The SMILES string of the molecule is COc1ccc(C(C)NC(C)=O)cc1F. The van der Waals surface area contributed by atoms with Gasteiger partial charge in [0.2, 0.25) is 5.91 Å². The van der Waals surface area contributed by atoms with Gasteiger partial charge < -0.3 is 10.1 Å². The molecule has 82 valence electrons. The molecule has 1 aromatic rings. The molecule has 0 saturated heterocycles. The molecule has 1 atom stereocenters. The second kappa shape index (κ2) is 4.77. The van der Waals surface area contributed by atoms with E-state index in [0.29, 0.717) is 5.56 Å². The molecule has 0 radical (unpaired) electrons. The molecule has 1 amide bonds. The highest BCUT2D eigenvalue weighted by molar-refractivity contribution is 5.73. The van der Waals surface area contributed by atoms with Gasteiger partial charge in [0.1, 0.15) is 0 Å². The van der Waals surface area contributed by atoms with Gasteiger partial charge in [-0.2, -0.15) is 0 Å².